The number of nitrogens with two attached hydrogens (primary N) is 2. The number of hydrogen-bond donors (Lipinski definition) is 3. The summed E-state index contributed by atoms with van der Waals surface area (Å²) in [6, 6.07) is 15.6. The molecular weight excluding hydrogens is 372 g/mol. The second kappa shape index (κ2) is 8.51. The van der Waals surface area contributed by atoms with Crippen molar-refractivity contribution in [3.05, 3.63) is 59.7 Å². The van der Waals surface area contributed by atoms with Gasteiger partial charge in [0.2, 0.25) is 0 Å². The van der Waals surface area contributed by atoms with E-state index in [1.807, 2.05) is 48.5 Å². The van der Waals surface area contributed by atoms with Gasteiger partial charge >= 0.3 is 0 Å². The lowest BCUT2D eigenvalue weighted by molar-refractivity contribution is 0.117. The Labute approximate surface area is 167 Å². The summed E-state index contributed by atoms with van der Waals surface area (Å²) in [5, 5.41) is 3.46. The van der Waals surface area contributed by atoms with E-state index in [-0.39, 0.29) is 17.0 Å². The molecule has 1 aliphatic rings. The van der Waals surface area contributed by atoms with Crippen LogP contribution in [0.5, 0.6) is 0 Å². The minimum Gasteiger partial charge on any atom is -0.399 e. The Morgan fingerprint density at radius 3 is 2.11 bits per heavy atom. The molecule has 1 saturated heterocycles. The molecule has 1 fully saturated rings. The van der Waals surface area contributed by atoms with Crippen molar-refractivity contribution in [1.29, 1.82) is 0 Å². The first-order valence-corrected chi connectivity index (χ1v) is 11.4. The summed E-state index contributed by atoms with van der Waals surface area (Å²) in [5.74, 6) is 0.480. The molecule has 152 valence electrons. The first-order valence-electron chi connectivity index (χ1n) is 9.61. The van der Waals surface area contributed by atoms with Crippen LogP contribution in [0.25, 0.3) is 0 Å². The molecule has 2 aromatic rings. The van der Waals surface area contributed by atoms with Gasteiger partial charge in [-0.3, -0.25) is 4.90 Å². The summed E-state index contributed by atoms with van der Waals surface area (Å²) in [7, 11) is -2.97. The van der Waals surface area contributed by atoms with Gasteiger partial charge in [0, 0.05) is 43.1 Å². The van der Waals surface area contributed by atoms with Crippen molar-refractivity contribution in [2.45, 2.75) is 32.0 Å². The van der Waals surface area contributed by atoms with Crippen molar-refractivity contribution in [3.63, 3.8) is 0 Å². The van der Waals surface area contributed by atoms with E-state index in [9.17, 15) is 8.42 Å². The maximum absolute atomic E-state index is 12.1. The van der Waals surface area contributed by atoms with Crippen molar-refractivity contribution in [3.8, 4) is 0 Å². The summed E-state index contributed by atoms with van der Waals surface area (Å²) in [5.41, 5.74) is 15.0. The van der Waals surface area contributed by atoms with Crippen molar-refractivity contribution in [2.75, 3.05) is 36.1 Å². The Morgan fingerprint density at radius 1 is 1.00 bits per heavy atom. The van der Waals surface area contributed by atoms with Crippen LogP contribution < -0.4 is 16.8 Å². The highest BCUT2D eigenvalue weighted by molar-refractivity contribution is 7.91. The average molecular weight is 403 g/mol. The zero-order valence-corrected chi connectivity index (χ0v) is 17.2. The van der Waals surface area contributed by atoms with Crippen molar-refractivity contribution >= 4 is 21.2 Å². The zero-order valence-electron chi connectivity index (χ0n) is 16.4. The number of nitrogens with zero attached hydrogens (tertiary/aromatic N) is 1. The zero-order chi connectivity index (χ0) is 20.2. The molecule has 3 rings (SSSR count). The van der Waals surface area contributed by atoms with Crippen LogP contribution in [0, 0.1) is 0 Å². The van der Waals surface area contributed by atoms with Crippen molar-refractivity contribution in [1.82, 2.24) is 10.2 Å². The van der Waals surface area contributed by atoms with E-state index < -0.39 is 9.84 Å². The van der Waals surface area contributed by atoms with Gasteiger partial charge < -0.3 is 16.8 Å². The molecule has 5 N–H and O–H groups in total. The highest BCUT2D eigenvalue weighted by Crippen LogP contribution is 2.30. The fraction of sp³-hybridized carbons (Fsp3) is 0.429. The summed E-state index contributed by atoms with van der Waals surface area (Å²) >= 11 is 0. The SMILES string of the molecule is C[C@@]1(N(CCNCc2ccc(N)cc2)Cc2ccc(N)cc2)CCS(=O)(=O)C1. The Kier molecular flexibility index (Phi) is 6.27. The van der Waals surface area contributed by atoms with E-state index in [1.54, 1.807) is 0 Å². The quantitative estimate of drug-likeness (QED) is 0.461. The number of rotatable bonds is 8. The molecule has 0 aromatic heterocycles. The summed E-state index contributed by atoms with van der Waals surface area (Å²) in [6.07, 6.45) is 0.669. The third-order valence-corrected chi connectivity index (χ3v) is 7.35. The van der Waals surface area contributed by atoms with Crippen molar-refractivity contribution < 1.29 is 8.42 Å². The van der Waals surface area contributed by atoms with E-state index in [1.165, 1.54) is 5.56 Å². The lowest BCUT2D eigenvalue weighted by atomic mass is 9.98. The van der Waals surface area contributed by atoms with Gasteiger partial charge in [0.1, 0.15) is 0 Å². The third-order valence-electron chi connectivity index (χ3n) is 5.47. The first kappa shape index (κ1) is 20.6. The van der Waals surface area contributed by atoms with Gasteiger partial charge in [-0.15, -0.1) is 0 Å². The minimum atomic E-state index is -2.97. The molecule has 1 aliphatic heterocycles. The van der Waals surface area contributed by atoms with Crippen molar-refractivity contribution in [2.24, 2.45) is 0 Å². The number of sulfone groups is 1. The molecule has 7 heteroatoms. The predicted octanol–water partition coefficient (Wildman–Crippen LogP) is 2.02. The molecular formula is C21H30N4O2S. The molecule has 1 heterocycles. The van der Waals surface area contributed by atoms with Crippen LogP contribution in [0.15, 0.2) is 48.5 Å². The predicted molar refractivity (Wildman–Crippen MR) is 116 cm³/mol. The maximum Gasteiger partial charge on any atom is 0.152 e. The Bertz CT molecular complexity index is 882. The smallest absolute Gasteiger partial charge is 0.152 e. The first-order chi connectivity index (χ1) is 13.3. The van der Waals surface area contributed by atoms with Gasteiger partial charge in [0.25, 0.3) is 0 Å². The number of anilines is 2. The molecule has 0 aliphatic carbocycles. The van der Waals surface area contributed by atoms with Crippen LogP contribution in [-0.2, 0) is 22.9 Å². The second-order valence-electron chi connectivity index (χ2n) is 7.92. The van der Waals surface area contributed by atoms with Gasteiger partial charge in [-0.1, -0.05) is 24.3 Å². The standard InChI is InChI=1S/C21H30N4O2S/c1-21(10-13-28(26,27)16-21)25(15-18-4-8-20(23)9-5-18)12-11-24-14-17-2-6-19(22)7-3-17/h2-9,24H,10-16,22-23H2,1H3/t21-/m1/s1. The molecule has 0 amide bonds. The largest absolute Gasteiger partial charge is 0.399 e. The number of benzene rings is 2. The molecule has 1 atom stereocenters. The van der Waals surface area contributed by atoms with Crippen LogP contribution in [0.4, 0.5) is 11.4 Å². The molecule has 2 aromatic carbocycles. The summed E-state index contributed by atoms with van der Waals surface area (Å²) < 4.78 is 24.2. The highest BCUT2D eigenvalue weighted by Gasteiger charge is 2.42. The second-order valence-corrected chi connectivity index (χ2v) is 10.1. The van der Waals surface area contributed by atoms with Gasteiger partial charge in [-0.05, 0) is 48.7 Å². The Morgan fingerprint density at radius 2 is 1.57 bits per heavy atom. The number of nitrogen functional groups attached to an aromatic ring is 2. The molecule has 0 saturated carbocycles. The minimum absolute atomic E-state index is 0.215. The fourth-order valence-electron chi connectivity index (χ4n) is 3.71. The molecule has 0 unspecified atom stereocenters. The monoisotopic (exact) mass is 402 g/mol. The number of hydrogen-bond acceptors (Lipinski definition) is 6. The summed E-state index contributed by atoms with van der Waals surface area (Å²) in [6.45, 7) is 5.07. The van der Waals surface area contributed by atoms with Gasteiger partial charge in [0.15, 0.2) is 9.84 Å². The van der Waals surface area contributed by atoms with Crippen LogP contribution >= 0.6 is 0 Å². The molecule has 0 bridgehead atoms. The lowest BCUT2D eigenvalue weighted by Gasteiger charge is -2.38. The van der Waals surface area contributed by atoms with E-state index in [0.29, 0.717) is 13.0 Å². The maximum atomic E-state index is 12.1. The normalized spacial score (nSPS) is 21.2. The Hall–Kier alpha value is -2.09. The van der Waals surface area contributed by atoms with Gasteiger partial charge in [-0.25, -0.2) is 8.42 Å². The molecule has 0 spiro atoms. The molecule has 0 radical (unpaired) electrons. The molecule has 28 heavy (non-hydrogen) atoms. The average Bonchev–Trinajstić information content (AvgIpc) is 2.95. The highest BCUT2D eigenvalue weighted by atomic mass is 32.2. The summed E-state index contributed by atoms with van der Waals surface area (Å²) in [4.78, 5) is 2.29. The Balaban J connectivity index is 1.63. The van der Waals surface area contributed by atoms with E-state index in [0.717, 1.165) is 36.6 Å². The van der Waals surface area contributed by atoms with Crippen LogP contribution in [0.2, 0.25) is 0 Å². The van der Waals surface area contributed by atoms with E-state index >= 15 is 0 Å². The van der Waals surface area contributed by atoms with Gasteiger partial charge in [-0.2, -0.15) is 0 Å². The number of nitrogens with one attached hydrogen (secondary N) is 1. The van der Waals surface area contributed by atoms with E-state index in [4.69, 9.17) is 11.5 Å². The van der Waals surface area contributed by atoms with Crippen LogP contribution in [0.3, 0.4) is 0 Å². The van der Waals surface area contributed by atoms with Gasteiger partial charge in [0.05, 0.1) is 11.5 Å². The molecule has 6 nitrogen and oxygen atoms in total. The topological polar surface area (TPSA) is 101 Å². The third kappa shape index (κ3) is 5.47. The lowest BCUT2D eigenvalue weighted by Crippen LogP contribution is -2.49. The van der Waals surface area contributed by atoms with E-state index in [2.05, 4.69) is 17.1 Å². The fourth-order valence-corrected chi connectivity index (χ4v) is 5.88. The van der Waals surface area contributed by atoms with Crippen LogP contribution in [0.1, 0.15) is 24.5 Å². The van der Waals surface area contributed by atoms with Crippen LogP contribution in [-0.4, -0.2) is 43.5 Å².